The molecular weight excluding hydrogens is 247 g/mol. The van der Waals surface area contributed by atoms with Crippen LogP contribution in [0.15, 0.2) is 18.2 Å². The quantitative estimate of drug-likeness (QED) is 0.892. The number of ether oxygens (including phenoxy) is 1. The number of carbonyl (C=O) groups excluding carboxylic acids is 1. The van der Waals surface area contributed by atoms with Crippen molar-refractivity contribution in [1.29, 1.82) is 0 Å². The average Bonchev–Trinajstić information content (AvgIpc) is 2.36. The molecule has 0 saturated heterocycles. The molecule has 0 aliphatic carbocycles. The summed E-state index contributed by atoms with van der Waals surface area (Å²) in [6, 6.07) is 4.52. The van der Waals surface area contributed by atoms with E-state index in [0.29, 0.717) is 19.0 Å². The summed E-state index contributed by atoms with van der Waals surface area (Å²) in [4.78, 5) is 13.3. The van der Waals surface area contributed by atoms with Crippen LogP contribution in [0.5, 0.6) is 5.75 Å². The van der Waals surface area contributed by atoms with Gasteiger partial charge in [-0.1, -0.05) is 19.9 Å². The van der Waals surface area contributed by atoms with Crippen molar-refractivity contribution < 1.29 is 13.9 Å². The first-order chi connectivity index (χ1) is 8.93. The average molecular weight is 268 g/mol. The van der Waals surface area contributed by atoms with Crippen molar-refractivity contribution in [3.8, 4) is 5.75 Å². The van der Waals surface area contributed by atoms with Crippen LogP contribution in [0.1, 0.15) is 19.4 Å². The fraction of sp³-hybridized carbons (Fsp3) is 0.500. The summed E-state index contributed by atoms with van der Waals surface area (Å²) in [5.74, 6) is 0.183. The summed E-state index contributed by atoms with van der Waals surface area (Å²) < 4.78 is 18.4. The van der Waals surface area contributed by atoms with Crippen LogP contribution in [0.3, 0.4) is 0 Å². The van der Waals surface area contributed by atoms with Crippen molar-refractivity contribution in [1.82, 2.24) is 10.2 Å². The highest BCUT2D eigenvalue weighted by molar-refractivity contribution is 5.73. The molecule has 0 fully saturated rings. The Morgan fingerprint density at radius 2 is 2.16 bits per heavy atom. The lowest BCUT2D eigenvalue weighted by Crippen LogP contribution is -2.38. The Bertz CT molecular complexity index is 435. The SMILES string of the molecule is COc1ccc(CN(C)C(=O)NCC(C)C)cc1F. The van der Waals surface area contributed by atoms with Crippen LogP contribution in [-0.4, -0.2) is 31.6 Å². The number of carbonyl (C=O) groups is 1. The molecule has 106 valence electrons. The minimum Gasteiger partial charge on any atom is -0.494 e. The molecule has 4 nitrogen and oxygen atoms in total. The largest absolute Gasteiger partial charge is 0.494 e. The van der Waals surface area contributed by atoms with Gasteiger partial charge in [-0.3, -0.25) is 0 Å². The van der Waals surface area contributed by atoms with Crippen LogP contribution in [-0.2, 0) is 6.54 Å². The molecule has 0 heterocycles. The Morgan fingerprint density at radius 1 is 1.47 bits per heavy atom. The molecule has 0 saturated carbocycles. The molecule has 5 heteroatoms. The van der Waals surface area contributed by atoms with Gasteiger partial charge in [-0.2, -0.15) is 0 Å². The second kappa shape index (κ2) is 6.97. The number of hydrogen-bond acceptors (Lipinski definition) is 2. The Hall–Kier alpha value is -1.78. The molecule has 0 aromatic heterocycles. The molecule has 0 bridgehead atoms. The molecule has 1 aromatic carbocycles. The molecule has 1 rings (SSSR count). The Labute approximate surface area is 113 Å². The maximum atomic E-state index is 13.5. The molecule has 0 aliphatic heterocycles. The summed E-state index contributed by atoms with van der Waals surface area (Å²) in [6.45, 7) is 5.03. The number of urea groups is 1. The molecule has 0 spiro atoms. The number of rotatable bonds is 5. The van der Waals surface area contributed by atoms with E-state index in [1.807, 2.05) is 13.8 Å². The van der Waals surface area contributed by atoms with Crippen LogP contribution >= 0.6 is 0 Å². The topological polar surface area (TPSA) is 41.6 Å². The van der Waals surface area contributed by atoms with Gasteiger partial charge in [0.1, 0.15) is 0 Å². The van der Waals surface area contributed by atoms with Gasteiger partial charge in [-0.25, -0.2) is 9.18 Å². The monoisotopic (exact) mass is 268 g/mol. The standard InChI is InChI=1S/C14H21FN2O2/c1-10(2)8-16-14(18)17(3)9-11-5-6-13(19-4)12(15)7-11/h5-7,10H,8-9H2,1-4H3,(H,16,18). The van der Waals surface area contributed by atoms with E-state index in [9.17, 15) is 9.18 Å². The van der Waals surface area contributed by atoms with Crippen molar-refractivity contribution in [3.05, 3.63) is 29.6 Å². The molecule has 0 radical (unpaired) electrons. The molecule has 0 unspecified atom stereocenters. The van der Waals surface area contributed by atoms with Crippen molar-refractivity contribution in [2.45, 2.75) is 20.4 Å². The van der Waals surface area contributed by atoms with E-state index in [1.165, 1.54) is 18.1 Å². The number of nitrogens with one attached hydrogen (secondary N) is 1. The third-order valence-electron chi connectivity index (χ3n) is 2.64. The van der Waals surface area contributed by atoms with Gasteiger partial charge in [0.15, 0.2) is 11.6 Å². The third kappa shape index (κ3) is 4.77. The normalized spacial score (nSPS) is 10.4. The second-order valence-corrected chi connectivity index (χ2v) is 4.90. The van der Waals surface area contributed by atoms with Crippen LogP contribution in [0.4, 0.5) is 9.18 Å². The van der Waals surface area contributed by atoms with E-state index in [0.717, 1.165) is 5.56 Å². The van der Waals surface area contributed by atoms with E-state index in [2.05, 4.69) is 5.32 Å². The molecular formula is C14H21FN2O2. The van der Waals surface area contributed by atoms with Gasteiger partial charge in [-0.05, 0) is 23.6 Å². The minimum atomic E-state index is -0.420. The van der Waals surface area contributed by atoms with Gasteiger partial charge < -0.3 is 15.0 Å². The first kappa shape index (κ1) is 15.3. The van der Waals surface area contributed by atoms with Crippen molar-refractivity contribution in [2.75, 3.05) is 20.7 Å². The van der Waals surface area contributed by atoms with E-state index < -0.39 is 5.82 Å². The number of benzene rings is 1. The Morgan fingerprint density at radius 3 is 2.68 bits per heavy atom. The number of nitrogens with zero attached hydrogens (tertiary/aromatic N) is 1. The zero-order valence-corrected chi connectivity index (χ0v) is 11.9. The van der Waals surface area contributed by atoms with Gasteiger partial charge in [0.25, 0.3) is 0 Å². The lowest BCUT2D eigenvalue weighted by atomic mass is 10.2. The first-order valence-corrected chi connectivity index (χ1v) is 6.25. The van der Waals surface area contributed by atoms with Gasteiger partial charge in [0.2, 0.25) is 0 Å². The second-order valence-electron chi connectivity index (χ2n) is 4.90. The maximum absolute atomic E-state index is 13.5. The molecule has 2 amide bonds. The lowest BCUT2D eigenvalue weighted by molar-refractivity contribution is 0.205. The number of amides is 2. The fourth-order valence-corrected chi connectivity index (χ4v) is 1.58. The zero-order valence-electron chi connectivity index (χ0n) is 11.9. The minimum absolute atomic E-state index is 0.162. The maximum Gasteiger partial charge on any atom is 0.317 e. The summed E-state index contributed by atoms with van der Waals surface area (Å²) in [6.07, 6.45) is 0. The molecule has 19 heavy (non-hydrogen) atoms. The first-order valence-electron chi connectivity index (χ1n) is 6.25. The van der Waals surface area contributed by atoms with Gasteiger partial charge >= 0.3 is 6.03 Å². The lowest BCUT2D eigenvalue weighted by Gasteiger charge is -2.19. The Balaban J connectivity index is 2.58. The van der Waals surface area contributed by atoms with Crippen LogP contribution in [0.2, 0.25) is 0 Å². The van der Waals surface area contributed by atoms with Gasteiger partial charge in [-0.15, -0.1) is 0 Å². The van der Waals surface area contributed by atoms with Crippen molar-refractivity contribution in [2.24, 2.45) is 5.92 Å². The molecule has 1 N–H and O–H groups in total. The molecule has 1 aromatic rings. The van der Waals surface area contributed by atoms with Gasteiger partial charge in [0, 0.05) is 20.1 Å². The highest BCUT2D eigenvalue weighted by Gasteiger charge is 2.10. The smallest absolute Gasteiger partial charge is 0.317 e. The van der Waals surface area contributed by atoms with E-state index in [4.69, 9.17) is 4.74 Å². The number of methoxy groups -OCH3 is 1. The van der Waals surface area contributed by atoms with E-state index in [1.54, 1.807) is 19.2 Å². The van der Waals surface area contributed by atoms with Crippen LogP contribution < -0.4 is 10.1 Å². The Kier molecular flexibility index (Phi) is 5.60. The summed E-state index contributed by atoms with van der Waals surface area (Å²) in [5, 5.41) is 2.81. The van der Waals surface area contributed by atoms with E-state index in [-0.39, 0.29) is 11.8 Å². The summed E-state index contributed by atoms with van der Waals surface area (Å²) in [5.41, 5.74) is 0.723. The van der Waals surface area contributed by atoms with Crippen molar-refractivity contribution >= 4 is 6.03 Å². The van der Waals surface area contributed by atoms with Gasteiger partial charge in [0.05, 0.1) is 7.11 Å². The third-order valence-corrected chi connectivity index (χ3v) is 2.64. The predicted molar refractivity (Wildman–Crippen MR) is 72.7 cm³/mol. The highest BCUT2D eigenvalue weighted by Crippen LogP contribution is 2.18. The van der Waals surface area contributed by atoms with E-state index >= 15 is 0 Å². The zero-order chi connectivity index (χ0) is 14.4. The summed E-state index contributed by atoms with van der Waals surface area (Å²) in [7, 11) is 3.10. The van der Waals surface area contributed by atoms with Crippen molar-refractivity contribution in [3.63, 3.8) is 0 Å². The summed E-state index contributed by atoms with van der Waals surface area (Å²) >= 11 is 0. The predicted octanol–water partition coefficient (Wildman–Crippen LogP) is 2.63. The fourth-order valence-electron chi connectivity index (χ4n) is 1.58. The van der Waals surface area contributed by atoms with Crippen LogP contribution in [0, 0.1) is 11.7 Å². The molecule has 0 aliphatic rings. The number of hydrogen-bond donors (Lipinski definition) is 1. The van der Waals surface area contributed by atoms with Crippen LogP contribution in [0.25, 0.3) is 0 Å². The highest BCUT2D eigenvalue weighted by atomic mass is 19.1. The number of halogens is 1. The molecule has 0 atom stereocenters.